The van der Waals surface area contributed by atoms with Gasteiger partial charge in [-0.05, 0) is 32.0 Å². The summed E-state index contributed by atoms with van der Waals surface area (Å²) in [6.07, 6.45) is 0. The lowest BCUT2D eigenvalue weighted by atomic mass is 9.94. The lowest BCUT2D eigenvalue weighted by molar-refractivity contribution is -0.146. The number of hydrogen-bond acceptors (Lipinski definition) is 3. The molecule has 0 saturated heterocycles. The molecule has 1 amide bonds. The Morgan fingerprint density at radius 1 is 1.42 bits per heavy atom. The summed E-state index contributed by atoms with van der Waals surface area (Å²) < 4.78 is 5.07. The molecule has 0 aliphatic carbocycles. The van der Waals surface area contributed by atoms with Crippen molar-refractivity contribution in [1.29, 1.82) is 0 Å². The third-order valence-corrected chi connectivity index (χ3v) is 2.91. The van der Waals surface area contributed by atoms with Gasteiger partial charge in [0.1, 0.15) is 5.75 Å². The molecule has 0 radical (unpaired) electrons. The predicted octanol–water partition coefficient (Wildman–Crippen LogP) is 2.19. The summed E-state index contributed by atoms with van der Waals surface area (Å²) >= 11 is 5.83. The number of hydrogen-bond donors (Lipinski definition) is 2. The molecule has 1 rings (SSSR count). The molecule has 0 bridgehead atoms. The molecule has 0 spiro atoms. The average molecular weight is 286 g/mol. The number of halogens is 1. The lowest BCUT2D eigenvalue weighted by Crippen LogP contribution is -2.39. The molecule has 19 heavy (non-hydrogen) atoms. The minimum absolute atomic E-state index is 0.0107. The van der Waals surface area contributed by atoms with Gasteiger partial charge in [0.05, 0.1) is 18.1 Å². The molecule has 0 aromatic heterocycles. The molecule has 1 aromatic rings. The number of rotatable bonds is 5. The Kier molecular flexibility index (Phi) is 4.78. The van der Waals surface area contributed by atoms with E-state index in [2.05, 4.69) is 5.32 Å². The Bertz CT molecular complexity index is 499. The number of carboxylic acid groups (broad SMARTS) is 1. The topological polar surface area (TPSA) is 75.6 Å². The summed E-state index contributed by atoms with van der Waals surface area (Å²) in [6.45, 7) is 3.08. The van der Waals surface area contributed by atoms with Crippen molar-refractivity contribution in [2.24, 2.45) is 5.41 Å². The van der Waals surface area contributed by atoms with Crippen LogP contribution in [0.3, 0.4) is 0 Å². The minimum Gasteiger partial charge on any atom is -0.496 e. The van der Waals surface area contributed by atoms with Crippen LogP contribution in [0.5, 0.6) is 5.75 Å². The van der Waals surface area contributed by atoms with Gasteiger partial charge in [-0.3, -0.25) is 9.59 Å². The molecule has 0 unspecified atom stereocenters. The predicted molar refractivity (Wildman–Crippen MR) is 71.8 cm³/mol. The summed E-state index contributed by atoms with van der Waals surface area (Å²) in [5, 5.41) is 11.9. The maximum atomic E-state index is 12.0. The zero-order valence-corrected chi connectivity index (χ0v) is 11.7. The minimum atomic E-state index is -1.04. The lowest BCUT2D eigenvalue weighted by Gasteiger charge is -2.19. The first-order valence-corrected chi connectivity index (χ1v) is 6.01. The van der Waals surface area contributed by atoms with Crippen LogP contribution in [-0.2, 0) is 4.79 Å². The number of carbonyl (C=O) groups excluding carboxylic acids is 1. The molecular weight excluding hydrogens is 270 g/mol. The number of carbonyl (C=O) groups is 2. The molecule has 0 aliphatic rings. The number of aliphatic carboxylic acids is 1. The van der Waals surface area contributed by atoms with E-state index < -0.39 is 17.3 Å². The number of carboxylic acids is 1. The van der Waals surface area contributed by atoms with Gasteiger partial charge in [-0.15, -0.1) is 0 Å². The van der Waals surface area contributed by atoms with Gasteiger partial charge in [-0.2, -0.15) is 0 Å². The van der Waals surface area contributed by atoms with Crippen molar-refractivity contribution in [2.75, 3.05) is 13.7 Å². The first-order valence-electron chi connectivity index (χ1n) is 5.63. The second-order valence-electron chi connectivity index (χ2n) is 4.72. The molecule has 0 heterocycles. The largest absolute Gasteiger partial charge is 0.496 e. The van der Waals surface area contributed by atoms with Crippen LogP contribution < -0.4 is 10.1 Å². The highest BCUT2D eigenvalue weighted by atomic mass is 35.5. The SMILES string of the molecule is COc1ccc(Cl)cc1C(=O)NCC(C)(C)C(=O)O. The zero-order valence-electron chi connectivity index (χ0n) is 11.0. The second-order valence-corrected chi connectivity index (χ2v) is 5.15. The molecule has 6 heteroatoms. The van der Waals surface area contributed by atoms with E-state index in [4.69, 9.17) is 21.4 Å². The van der Waals surface area contributed by atoms with Gasteiger partial charge in [0.25, 0.3) is 5.91 Å². The fourth-order valence-corrected chi connectivity index (χ4v) is 1.50. The first-order chi connectivity index (χ1) is 8.77. The van der Waals surface area contributed by atoms with Crippen LogP contribution >= 0.6 is 11.6 Å². The van der Waals surface area contributed by atoms with Crippen molar-refractivity contribution in [3.8, 4) is 5.75 Å². The van der Waals surface area contributed by atoms with E-state index in [1.807, 2.05) is 0 Å². The van der Waals surface area contributed by atoms with Crippen molar-refractivity contribution in [3.63, 3.8) is 0 Å². The van der Waals surface area contributed by atoms with E-state index in [9.17, 15) is 9.59 Å². The summed E-state index contributed by atoms with van der Waals surface area (Å²) in [5.41, 5.74) is -0.766. The number of ether oxygens (including phenoxy) is 1. The molecule has 1 aromatic carbocycles. The van der Waals surface area contributed by atoms with Crippen LogP contribution in [0, 0.1) is 5.41 Å². The van der Waals surface area contributed by atoms with Crippen molar-refractivity contribution >= 4 is 23.5 Å². The average Bonchev–Trinajstić information content (AvgIpc) is 2.35. The molecule has 0 fully saturated rings. The highest BCUT2D eigenvalue weighted by Gasteiger charge is 2.28. The van der Waals surface area contributed by atoms with Crippen molar-refractivity contribution < 1.29 is 19.4 Å². The molecule has 2 N–H and O–H groups in total. The van der Waals surface area contributed by atoms with Gasteiger partial charge in [0.15, 0.2) is 0 Å². The fraction of sp³-hybridized carbons (Fsp3) is 0.385. The van der Waals surface area contributed by atoms with Crippen LogP contribution in [-0.4, -0.2) is 30.6 Å². The summed E-state index contributed by atoms with van der Waals surface area (Å²) in [6, 6.07) is 4.67. The van der Waals surface area contributed by atoms with E-state index in [0.29, 0.717) is 10.8 Å². The normalized spacial score (nSPS) is 10.9. The number of methoxy groups -OCH3 is 1. The fourth-order valence-electron chi connectivity index (χ4n) is 1.33. The summed E-state index contributed by atoms with van der Waals surface area (Å²) in [4.78, 5) is 23.0. The van der Waals surface area contributed by atoms with Gasteiger partial charge >= 0.3 is 5.97 Å². The van der Waals surface area contributed by atoms with Crippen LogP contribution in [0.15, 0.2) is 18.2 Å². The highest BCUT2D eigenvalue weighted by Crippen LogP contribution is 2.23. The number of nitrogens with one attached hydrogen (secondary N) is 1. The van der Waals surface area contributed by atoms with Gasteiger partial charge in [0.2, 0.25) is 0 Å². The van der Waals surface area contributed by atoms with E-state index in [0.717, 1.165) is 0 Å². The quantitative estimate of drug-likeness (QED) is 0.869. The van der Waals surface area contributed by atoms with Crippen LogP contribution in [0.4, 0.5) is 0 Å². The number of amides is 1. The van der Waals surface area contributed by atoms with Crippen LogP contribution in [0.2, 0.25) is 5.02 Å². The smallest absolute Gasteiger partial charge is 0.310 e. The van der Waals surface area contributed by atoms with E-state index in [1.165, 1.54) is 27.0 Å². The Labute approximate surface area is 116 Å². The van der Waals surface area contributed by atoms with Crippen molar-refractivity contribution in [3.05, 3.63) is 28.8 Å². The summed E-state index contributed by atoms with van der Waals surface area (Å²) in [5.74, 6) is -1.02. The Morgan fingerprint density at radius 2 is 2.05 bits per heavy atom. The molecule has 5 nitrogen and oxygen atoms in total. The molecule has 104 valence electrons. The number of benzene rings is 1. The molecule has 0 saturated carbocycles. The second kappa shape index (κ2) is 5.93. The molecule has 0 aliphatic heterocycles. The third kappa shape index (κ3) is 3.86. The van der Waals surface area contributed by atoms with E-state index in [1.54, 1.807) is 12.1 Å². The van der Waals surface area contributed by atoms with Crippen molar-refractivity contribution in [2.45, 2.75) is 13.8 Å². The van der Waals surface area contributed by atoms with Crippen molar-refractivity contribution in [1.82, 2.24) is 5.32 Å². The highest BCUT2D eigenvalue weighted by molar-refractivity contribution is 6.31. The van der Waals surface area contributed by atoms with Gasteiger partial charge in [-0.25, -0.2) is 0 Å². The maximum absolute atomic E-state index is 12.0. The Balaban J connectivity index is 2.84. The third-order valence-electron chi connectivity index (χ3n) is 2.68. The molecule has 0 atom stereocenters. The van der Waals surface area contributed by atoms with Gasteiger partial charge in [0, 0.05) is 11.6 Å². The maximum Gasteiger partial charge on any atom is 0.310 e. The van der Waals surface area contributed by atoms with Crippen LogP contribution in [0.1, 0.15) is 24.2 Å². The standard InChI is InChI=1S/C13H16ClNO4/c1-13(2,12(17)18)7-15-11(16)9-6-8(14)4-5-10(9)19-3/h4-6H,7H2,1-3H3,(H,15,16)(H,17,18). The summed E-state index contributed by atoms with van der Waals surface area (Å²) in [7, 11) is 1.45. The van der Waals surface area contributed by atoms with E-state index in [-0.39, 0.29) is 12.1 Å². The monoisotopic (exact) mass is 285 g/mol. The molecular formula is C13H16ClNO4. The Hall–Kier alpha value is -1.75. The zero-order chi connectivity index (χ0) is 14.6. The van der Waals surface area contributed by atoms with Gasteiger partial charge < -0.3 is 15.2 Å². The van der Waals surface area contributed by atoms with Crippen LogP contribution in [0.25, 0.3) is 0 Å². The van der Waals surface area contributed by atoms with Gasteiger partial charge in [-0.1, -0.05) is 11.6 Å². The first kappa shape index (κ1) is 15.3. The van der Waals surface area contributed by atoms with E-state index >= 15 is 0 Å². The Morgan fingerprint density at radius 3 is 2.58 bits per heavy atom.